The first-order valence-corrected chi connectivity index (χ1v) is 15.0. The molecular weight excluding hydrogens is 518 g/mol. The van der Waals surface area contributed by atoms with E-state index in [9.17, 15) is 13.2 Å². The zero-order chi connectivity index (χ0) is 28.3. The van der Waals surface area contributed by atoms with Crippen molar-refractivity contribution in [3.63, 3.8) is 0 Å². The van der Waals surface area contributed by atoms with E-state index in [-0.39, 0.29) is 4.90 Å². The van der Waals surface area contributed by atoms with Gasteiger partial charge in [0.15, 0.2) is 0 Å². The molecule has 3 aromatic carbocycles. The fourth-order valence-corrected chi connectivity index (χ4v) is 6.42. The van der Waals surface area contributed by atoms with E-state index < -0.39 is 10.0 Å². The second kappa shape index (κ2) is 11.5. The molecule has 40 heavy (non-hydrogen) atoms. The van der Waals surface area contributed by atoms with Gasteiger partial charge in [-0.1, -0.05) is 74.0 Å². The maximum atomic E-state index is 13.3. The number of carbonyl (C=O) groups is 1. The number of hydrogen-bond acceptors (Lipinski definition) is 4. The summed E-state index contributed by atoms with van der Waals surface area (Å²) in [5, 5.41) is 1.19. The quantitative estimate of drug-likeness (QED) is 0.174. The van der Waals surface area contributed by atoms with E-state index in [1.807, 2.05) is 31.2 Å². The number of nitrogens with zero attached hydrogens (tertiary/aromatic N) is 3. The van der Waals surface area contributed by atoms with E-state index in [2.05, 4.69) is 42.7 Å². The number of unbranched alkanes of at least 4 members (excludes halogenated alkanes) is 1. The molecule has 0 saturated carbocycles. The van der Waals surface area contributed by atoms with Gasteiger partial charge in [-0.05, 0) is 73.7 Å². The zero-order valence-corrected chi connectivity index (χ0v) is 23.9. The third-order valence-electron chi connectivity index (χ3n) is 7.22. The van der Waals surface area contributed by atoms with Gasteiger partial charge >= 0.3 is 0 Å². The van der Waals surface area contributed by atoms with Crippen molar-refractivity contribution in [2.75, 3.05) is 4.31 Å². The molecule has 0 aliphatic carbocycles. The molecule has 0 unspecified atom stereocenters. The Labute approximate surface area is 236 Å². The molecule has 0 fully saturated rings. The summed E-state index contributed by atoms with van der Waals surface area (Å²) in [5.41, 5.74) is 7.42. The molecule has 0 bridgehead atoms. The Balaban J connectivity index is 1.50. The molecule has 0 atom stereocenters. The third kappa shape index (κ3) is 5.29. The molecule has 7 heteroatoms. The van der Waals surface area contributed by atoms with Gasteiger partial charge in [-0.3, -0.25) is 4.79 Å². The molecule has 6 nitrogen and oxygen atoms in total. The van der Waals surface area contributed by atoms with Crippen molar-refractivity contribution >= 4 is 33.2 Å². The number of benzene rings is 3. The summed E-state index contributed by atoms with van der Waals surface area (Å²) in [5.74, 6) is 0. The van der Waals surface area contributed by atoms with Crippen LogP contribution in [0, 0.1) is 13.8 Å². The minimum absolute atomic E-state index is 0.0594. The summed E-state index contributed by atoms with van der Waals surface area (Å²) in [6.45, 7) is 7.05. The summed E-state index contributed by atoms with van der Waals surface area (Å²) < 4.78 is 29.8. The molecule has 0 aliphatic rings. The monoisotopic (exact) mass is 551 g/mol. The Morgan fingerprint density at radius 3 is 2.30 bits per heavy atom. The summed E-state index contributed by atoms with van der Waals surface area (Å²) in [7, 11) is -4.06. The first kappa shape index (κ1) is 27.3. The van der Waals surface area contributed by atoms with Crippen LogP contribution in [0.3, 0.4) is 0 Å². The smallest absolute Gasteiger partial charge is 0.270 e. The van der Waals surface area contributed by atoms with Gasteiger partial charge in [0, 0.05) is 28.9 Å². The number of fused-ring (bicyclic) bond motifs is 1. The molecule has 0 radical (unpaired) electrons. The van der Waals surface area contributed by atoms with E-state index in [1.54, 1.807) is 30.3 Å². The van der Waals surface area contributed by atoms with Crippen molar-refractivity contribution < 1.29 is 13.2 Å². The summed E-state index contributed by atoms with van der Waals surface area (Å²) in [6, 6.07) is 27.5. The number of sulfonamides is 1. The van der Waals surface area contributed by atoms with E-state index in [4.69, 9.17) is 4.98 Å². The van der Waals surface area contributed by atoms with Gasteiger partial charge in [-0.25, -0.2) is 17.7 Å². The minimum atomic E-state index is -4.06. The molecule has 1 amide bonds. The highest BCUT2D eigenvalue weighted by molar-refractivity contribution is 7.93. The van der Waals surface area contributed by atoms with Crippen LogP contribution in [0.15, 0.2) is 95.9 Å². The fourth-order valence-electron chi connectivity index (χ4n) is 5.16. The Morgan fingerprint density at radius 1 is 0.900 bits per heavy atom. The molecular formula is C33H33N3O3S. The van der Waals surface area contributed by atoms with Crippen LogP contribution in [0.1, 0.15) is 42.3 Å². The summed E-state index contributed by atoms with van der Waals surface area (Å²) >= 11 is 0. The van der Waals surface area contributed by atoms with Gasteiger partial charge in [-0.15, -0.1) is 0 Å². The van der Waals surface area contributed by atoms with E-state index >= 15 is 0 Å². The predicted octanol–water partition coefficient (Wildman–Crippen LogP) is 7.06. The van der Waals surface area contributed by atoms with Crippen LogP contribution in [-0.2, 0) is 27.8 Å². The van der Waals surface area contributed by atoms with E-state index in [0.717, 1.165) is 46.0 Å². The molecule has 0 N–H and O–H groups in total. The fraction of sp³-hybridized carbons (Fsp3) is 0.212. The standard InChI is InChI=1S/C33H33N3O3S/c1-4-5-11-28-21-31-24(2)20-25(3)34-33(31)35(28)22-26-16-18-27(19-17-26)30-14-9-10-15-32(30)36(23-37)40(38,39)29-12-7-6-8-13-29/h6-10,12-21,23H,4-5,11,22H2,1-3H3. The second-order valence-corrected chi connectivity index (χ2v) is 11.9. The van der Waals surface area contributed by atoms with Crippen molar-refractivity contribution in [2.45, 2.75) is 51.5 Å². The molecule has 0 saturated heterocycles. The Bertz CT molecular complexity index is 1760. The van der Waals surface area contributed by atoms with E-state index in [1.165, 1.54) is 28.8 Å². The molecule has 204 valence electrons. The Morgan fingerprint density at radius 2 is 1.60 bits per heavy atom. The Kier molecular flexibility index (Phi) is 7.85. The van der Waals surface area contributed by atoms with Crippen molar-refractivity contribution in [3.8, 4) is 11.1 Å². The Hall–Kier alpha value is -4.23. The predicted molar refractivity (Wildman–Crippen MR) is 161 cm³/mol. The highest BCUT2D eigenvalue weighted by atomic mass is 32.2. The first-order valence-electron chi connectivity index (χ1n) is 13.5. The first-order chi connectivity index (χ1) is 19.3. The number of carbonyl (C=O) groups excluding carboxylic acids is 1. The van der Waals surface area contributed by atoms with Crippen LogP contribution in [0.5, 0.6) is 0 Å². The SMILES string of the molecule is CCCCc1cc2c(C)cc(C)nc2n1Cc1ccc(-c2ccccc2N(C=O)S(=O)(=O)c2ccccc2)cc1. The average Bonchev–Trinajstić information content (AvgIpc) is 3.30. The second-order valence-electron chi connectivity index (χ2n) is 10.1. The van der Waals surface area contributed by atoms with Crippen molar-refractivity contribution in [2.24, 2.45) is 0 Å². The number of para-hydroxylation sites is 1. The topological polar surface area (TPSA) is 72.3 Å². The lowest BCUT2D eigenvalue weighted by molar-refractivity contribution is -0.106. The molecule has 0 spiro atoms. The van der Waals surface area contributed by atoms with Crippen LogP contribution < -0.4 is 4.31 Å². The van der Waals surface area contributed by atoms with Crippen molar-refractivity contribution in [1.29, 1.82) is 0 Å². The molecule has 5 rings (SSSR count). The van der Waals surface area contributed by atoms with Gasteiger partial charge in [-0.2, -0.15) is 0 Å². The van der Waals surface area contributed by atoms with Crippen LogP contribution in [-0.4, -0.2) is 24.4 Å². The normalized spacial score (nSPS) is 11.6. The number of aryl methyl sites for hydroxylation is 3. The number of anilines is 1. The maximum absolute atomic E-state index is 13.3. The number of amides is 1. The van der Waals surface area contributed by atoms with Crippen molar-refractivity contribution in [1.82, 2.24) is 9.55 Å². The largest absolute Gasteiger partial charge is 0.325 e. The highest BCUT2D eigenvalue weighted by Gasteiger charge is 2.26. The molecule has 5 aromatic rings. The van der Waals surface area contributed by atoms with Gasteiger partial charge in [0.25, 0.3) is 10.0 Å². The van der Waals surface area contributed by atoms with Crippen LogP contribution in [0.4, 0.5) is 5.69 Å². The van der Waals surface area contributed by atoms with E-state index in [0.29, 0.717) is 24.2 Å². The number of aromatic nitrogens is 2. The van der Waals surface area contributed by atoms with Gasteiger partial charge in [0.1, 0.15) is 5.65 Å². The minimum Gasteiger partial charge on any atom is -0.325 e. The maximum Gasteiger partial charge on any atom is 0.270 e. The number of hydrogen-bond donors (Lipinski definition) is 0. The lowest BCUT2D eigenvalue weighted by Gasteiger charge is -2.21. The van der Waals surface area contributed by atoms with Crippen LogP contribution >= 0.6 is 0 Å². The number of pyridine rings is 1. The van der Waals surface area contributed by atoms with Crippen molar-refractivity contribution in [3.05, 3.63) is 114 Å². The van der Waals surface area contributed by atoms with Gasteiger partial charge in [0.05, 0.1) is 10.6 Å². The van der Waals surface area contributed by atoms with Crippen LogP contribution in [0.2, 0.25) is 0 Å². The van der Waals surface area contributed by atoms with Gasteiger partial charge in [0.2, 0.25) is 6.41 Å². The summed E-state index contributed by atoms with van der Waals surface area (Å²) in [4.78, 5) is 17.1. The highest BCUT2D eigenvalue weighted by Crippen LogP contribution is 2.34. The lowest BCUT2D eigenvalue weighted by Crippen LogP contribution is -2.30. The third-order valence-corrected chi connectivity index (χ3v) is 8.88. The van der Waals surface area contributed by atoms with Crippen LogP contribution in [0.25, 0.3) is 22.2 Å². The lowest BCUT2D eigenvalue weighted by atomic mass is 10.0. The van der Waals surface area contributed by atoms with Gasteiger partial charge < -0.3 is 4.57 Å². The molecule has 2 aromatic heterocycles. The molecule has 2 heterocycles. The molecule has 0 aliphatic heterocycles. The zero-order valence-electron chi connectivity index (χ0n) is 23.0. The number of rotatable bonds is 10. The summed E-state index contributed by atoms with van der Waals surface area (Å²) in [6.07, 6.45) is 3.60. The average molecular weight is 552 g/mol.